The first kappa shape index (κ1) is 18.5. The van der Waals surface area contributed by atoms with Crippen LogP contribution < -0.4 is 20.1 Å². The number of carbonyl (C=O) groups is 1. The Morgan fingerprint density at radius 1 is 1.08 bits per heavy atom. The number of carbonyl (C=O) groups excluding carboxylic acids is 1. The van der Waals surface area contributed by atoms with Crippen LogP contribution in [0.2, 0.25) is 0 Å². The van der Waals surface area contributed by atoms with Crippen molar-refractivity contribution >= 4 is 17.4 Å². The number of hydrogen-bond donors (Lipinski definition) is 2. The molecule has 0 unspecified atom stereocenters. The van der Waals surface area contributed by atoms with Crippen molar-refractivity contribution in [1.82, 2.24) is 15.3 Å². The number of nitrogens with zero attached hydrogens (tertiary/aromatic N) is 2. The van der Waals surface area contributed by atoms with E-state index in [1.807, 2.05) is 6.07 Å². The van der Waals surface area contributed by atoms with Crippen LogP contribution in [0, 0.1) is 0 Å². The van der Waals surface area contributed by atoms with Crippen LogP contribution in [0.25, 0.3) is 0 Å². The smallest absolute Gasteiger partial charge is 0.270 e. The molecule has 0 saturated heterocycles. The summed E-state index contributed by atoms with van der Waals surface area (Å²) in [6.45, 7) is 2.77. The van der Waals surface area contributed by atoms with E-state index in [-0.39, 0.29) is 5.91 Å². The Labute approximate surface area is 147 Å². The third kappa shape index (κ3) is 5.34. The molecule has 0 aliphatic heterocycles. The molecule has 1 aromatic carbocycles. The van der Waals surface area contributed by atoms with Crippen molar-refractivity contribution in [1.29, 1.82) is 0 Å². The fourth-order valence-corrected chi connectivity index (χ4v) is 2.28. The molecule has 2 aromatic rings. The summed E-state index contributed by atoms with van der Waals surface area (Å²) in [6.07, 6.45) is 4.53. The van der Waals surface area contributed by atoms with E-state index in [9.17, 15) is 4.79 Å². The van der Waals surface area contributed by atoms with Crippen LogP contribution in [-0.4, -0.2) is 36.6 Å². The number of amides is 1. The van der Waals surface area contributed by atoms with Gasteiger partial charge in [-0.05, 0) is 18.6 Å². The first-order valence-electron chi connectivity index (χ1n) is 8.27. The summed E-state index contributed by atoms with van der Waals surface area (Å²) in [4.78, 5) is 20.3. The van der Waals surface area contributed by atoms with Crippen LogP contribution in [0.5, 0.6) is 11.5 Å². The Balaban J connectivity index is 2.05. The molecule has 0 atom stereocenters. The van der Waals surface area contributed by atoms with Gasteiger partial charge in [-0.2, -0.15) is 0 Å². The maximum Gasteiger partial charge on any atom is 0.270 e. The monoisotopic (exact) mass is 344 g/mol. The molecule has 25 heavy (non-hydrogen) atoms. The predicted molar refractivity (Wildman–Crippen MR) is 96.7 cm³/mol. The van der Waals surface area contributed by atoms with Gasteiger partial charge in [0.1, 0.15) is 17.8 Å². The second-order valence-electron chi connectivity index (χ2n) is 5.45. The Morgan fingerprint density at radius 2 is 1.88 bits per heavy atom. The molecule has 0 fully saturated rings. The van der Waals surface area contributed by atoms with E-state index in [0.29, 0.717) is 29.6 Å². The summed E-state index contributed by atoms with van der Waals surface area (Å²) in [7, 11) is 3.16. The summed E-state index contributed by atoms with van der Waals surface area (Å²) < 4.78 is 10.5. The number of benzene rings is 1. The Bertz CT molecular complexity index is 706. The van der Waals surface area contributed by atoms with Gasteiger partial charge in [0.2, 0.25) is 0 Å². The molecule has 134 valence electrons. The lowest BCUT2D eigenvalue weighted by molar-refractivity contribution is 0.0948. The average Bonchev–Trinajstić information content (AvgIpc) is 2.65. The fraction of sp³-hybridized carbons (Fsp3) is 0.389. The molecule has 1 aromatic heterocycles. The summed E-state index contributed by atoms with van der Waals surface area (Å²) >= 11 is 0. The van der Waals surface area contributed by atoms with Crippen LogP contribution in [0.4, 0.5) is 11.5 Å². The molecule has 0 saturated carbocycles. The lowest BCUT2D eigenvalue weighted by Crippen LogP contribution is -2.25. The maximum absolute atomic E-state index is 12.1. The third-order valence-corrected chi connectivity index (χ3v) is 3.62. The molecule has 1 heterocycles. The van der Waals surface area contributed by atoms with Gasteiger partial charge < -0.3 is 20.1 Å². The summed E-state index contributed by atoms with van der Waals surface area (Å²) in [5.74, 6) is 1.58. The minimum Gasteiger partial charge on any atom is -0.493 e. The molecule has 2 rings (SSSR count). The van der Waals surface area contributed by atoms with Crippen molar-refractivity contribution in [3.63, 3.8) is 0 Å². The average molecular weight is 344 g/mol. The van der Waals surface area contributed by atoms with Gasteiger partial charge in [0.15, 0.2) is 11.5 Å². The van der Waals surface area contributed by atoms with Crippen LogP contribution in [0.1, 0.15) is 36.7 Å². The van der Waals surface area contributed by atoms with Gasteiger partial charge in [0, 0.05) is 24.4 Å². The predicted octanol–water partition coefficient (Wildman–Crippen LogP) is 3.16. The van der Waals surface area contributed by atoms with E-state index in [0.717, 1.165) is 24.9 Å². The lowest BCUT2D eigenvalue weighted by atomic mass is 10.2. The number of nitrogens with one attached hydrogen (secondary N) is 2. The van der Waals surface area contributed by atoms with Gasteiger partial charge in [-0.15, -0.1) is 0 Å². The number of hydrogen-bond acceptors (Lipinski definition) is 6. The zero-order valence-electron chi connectivity index (χ0n) is 14.8. The number of rotatable bonds is 9. The third-order valence-electron chi connectivity index (χ3n) is 3.62. The fourth-order valence-electron chi connectivity index (χ4n) is 2.28. The Morgan fingerprint density at radius 3 is 2.60 bits per heavy atom. The van der Waals surface area contributed by atoms with Crippen LogP contribution in [0.3, 0.4) is 0 Å². The van der Waals surface area contributed by atoms with E-state index in [4.69, 9.17) is 9.47 Å². The van der Waals surface area contributed by atoms with Gasteiger partial charge in [0.05, 0.1) is 14.2 Å². The largest absolute Gasteiger partial charge is 0.493 e. The molecular weight excluding hydrogens is 320 g/mol. The van der Waals surface area contributed by atoms with E-state index in [1.165, 1.54) is 6.33 Å². The summed E-state index contributed by atoms with van der Waals surface area (Å²) in [5, 5.41) is 6.00. The van der Waals surface area contributed by atoms with E-state index in [2.05, 4.69) is 27.5 Å². The Hall–Kier alpha value is -2.83. The highest BCUT2D eigenvalue weighted by molar-refractivity contribution is 5.92. The van der Waals surface area contributed by atoms with Gasteiger partial charge in [-0.1, -0.05) is 19.8 Å². The van der Waals surface area contributed by atoms with Gasteiger partial charge in [0.25, 0.3) is 5.91 Å². The van der Waals surface area contributed by atoms with E-state index in [1.54, 1.807) is 32.4 Å². The quantitative estimate of drug-likeness (QED) is 0.680. The number of methoxy groups -OCH3 is 2. The minimum absolute atomic E-state index is 0.200. The number of aromatic nitrogens is 2. The first-order valence-corrected chi connectivity index (χ1v) is 8.27. The maximum atomic E-state index is 12.1. The standard InChI is InChI=1S/C18H24N4O3/c1-4-5-6-9-19-18(23)14-11-17(21-12-20-14)22-13-7-8-15(24-2)16(10-13)25-3/h7-8,10-12H,4-6,9H2,1-3H3,(H,19,23)(H,20,21,22). The minimum atomic E-state index is -0.200. The normalized spacial score (nSPS) is 10.2. The van der Waals surface area contributed by atoms with Crippen molar-refractivity contribution in [2.75, 3.05) is 26.1 Å². The zero-order chi connectivity index (χ0) is 18.1. The van der Waals surface area contributed by atoms with Gasteiger partial charge >= 0.3 is 0 Å². The molecule has 0 spiro atoms. The van der Waals surface area contributed by atoms with Crippen molar-refractivity contribution in [2.45, 2.75) is 26.2 Å². The van der Waals surface area contributed by atoms with Gasteiger partial charge in [-0.3, -0.25) is 4.79 Å². The molecule has 1 amide bonds. The van der Waals surface area contributed by atoms with E-state index >= 15 is 0 Å². The highest BCUT2D eigenvalue weighted by atomic mass is 16.5. The van der Waals surface area contributed by atoms with Crippen LogP contribution in [-0.2, 0) is 0 Å². The molecule has 0 aliphatic carbocycles. The number of ether oxygens (including phenoxy) is 2. The highest BCUT2D eigenvalue weighted by Gasteiger charge is 2.09. The van der Waals surface area contributed by atoms with Crippen molar-refractivity contribution in [3.8, 4) is 11.5 Å². The second kappa shape index (κ2) is 9.46. The topological polar surface area (TPSA) is 85.4 Å². The molecule has 2 N–H and O–H groups in total. The van der Waals surface area contributed by atoms with Crippen LogP contribution >= 0.6 is 0 Å². The molecule has 7 heteroatoms. The Kier molecular flexibility index (Phi) is 7.00. The van der Waals surface area contributed by atoms with Crippen molar-refractivity contribution in [3.05, 3.63) is 36.3 Å². The van der Waals surface area contributed by atoms with Gasteiger partial charge in [-0.25, -0.2) is 9.97 Å². The highest BCUT2D eigenvalue weighted by Crippen LogP contribution is 2.30. The SMILES string of the molecule is CCCCCNC(=O)c1cc(Nc2ccc(OC)c(OC)c2)ncn1. The first-order chi connectivity index (χ1) is 12.2. The molecule has 0 aliphatic rings. The number of anilines is 2. The number of unbranched alkanes of at least 4 members (excludes halogenated alkanes) is 2. The second-order valence-corrected chi connectivity index (χ2v) is 5.45. The van der Waals surface area contributed by atoms with Crippen molar-refractivity contribution in [2.24, 2.45) is 0 Å². The zero-order valence-corrected chi connectivity index (χ0v) is 14.8. The lowest BCUT2D eigenvalue weighted by Gasteiger charge is -2.11. The molecule has 0 bridgehead atoms. The van der Waals surface area contributed by atoms with Crippen molar-refractivity contribution < 1.29 is 14.3 Å². The molecular formula is C18H24N4O3. The molecule has 7 nitrogen and oxygen atoms in total. The van der Waals surface area contributed by atoms with E-state index < -0.39 is 0 Å². The summed E-state index contributed by atoms with van der Waals surface area (Å²) in [6, 6.07) is 7.05. The summed E-state index contributed by atoms with van der Waals surface area (Å²) in [5.41, 5.74) is 1.10. The van der Waals surface area contributed by atoms with Crippen LogP contribution in [0.15, 0.2) is 30.6 Å². The molecule has 0 radical (unpaired) electrons.